The maximum absolute atomic E-state index is 12.4. The molecular formula is C12H16ClF3N2O3S. The SMILES string of the molecule is C[C@H]1CN(S(=O)(=O)c2cccc(OC(F)(F)F)c2)CCN1.Cl. The van der Waals surface area contributed by atoms with E-state index in [1.165, 1.54) is 16.4 Å². The van der Waals surface area contributed by atoms with E-state index in [0.717, 1.165) is 12.1 Å². The van der Waals surface area contributed by atoms with Gasteiger partial charge in [0.2, 0.25) is 10.0 Å². The highest BCUT2D eigenvalue weighted by Crippen LogP contribution is 2.26. The van der Waals surface area contributed by atoms with E-state index in [0.29, 0.717) is 6.54 Å². The summed E-state index contributed by atoms with van der Waals surface area (Å²) in [7, 11) is -3.83. The minimum atomic E-state index is -4.86. The monoisotopic (exact) mass is 360 g/mol. The summed E-state index contributed by atoms with van der Waals surface area (Å²) >= 11 is 0. The molecule has 126 valence electrons. The smallest absolute Gasteiger partial charge is 0.406 e. The van der Waals surface area contributed by atoms with Gasteiger partial charge in [0.1, 0.15) is 5.75 Å². The van der Waals surface area contributed by atoms with Crippen LogP contribution in [-0.4, -0.2) is 44.8 Å². The van der Waals surface area contributed by atoms with Crippen molar-refractivity contribution < 1.29 is 26.3 Å². The van der Waals surface area contributed by atoms with Crippen LogP contribution in [0.4, 0.5) is 13.2 Å². The average molecular weight is 361 g/mol. The predicted octanol–water partition coefficient (Wildman–Crippen LogP) is 1.99. The zero-order chi connectivity index (χ0) is 15.7. The van der Waals surface area contributed by atoms with Gasteiger partial charge in [-0.05, 0) is 19.1 Å². The van der Waals surface area contributed by atoms with Crippen LogP contribution < -0.4 is 10.1 Å². The van der Waals surface area contributed by atoms with Gasteiger partial charge in [0, 0.05) is 31.7 Å². The molecule has 0 aromatic heterocycles. The number of hydrogen-bond acceptors (Lipinski definition) is 4. The summed E-state index contributed by atoms with van der Waals surface area (Å²) in [5.74, 6) is -0.549. The molecule has 1 saturated heterocycles. The lowest BCUT2D eigenvalue weighted by molar-refractivity contribution is -0.274. The van der Waals surface area contributed by atoms with Gasteiger partial charge in [-0.1, -0.05) is 6.07 Å². The number of nitrogens with zero attached hydrogens (tertiary/aromatic N) is 1. The molecule has 0 radical (unpaired) electrons. The third-order valence-electron chi connectivity index (χ3n) is 3.01. The van der Waals surface area contributed by atoms with Crippen molar-refractivity contribution >= 4 is 22.4 Å². The molecule has 0 unspecified atom stereocenters. The third-order valence-corrected chi connectivity index (χ3v) is 4.87. The van der Waals surface area contributed by atoms with Gasteiger partial charge in [-0.2, -0.15) is 4.31 Å². The van der Waals surface area contributed by atoms with Crippen molar-refractivity contribution in [3.8, 4) is 5.75 Å². The van der Waals surface area contributed by atoms with Crippen molar-refractivity contribution in [3.05, 3.63) is 24.3 Å². The second-order valence-electron chi connectivity index (χ2n) is 4.74. The number of rotatable bonds is 3. The van der Waals surface area contributed by atoms with E-state index < -0.39 is 22.1 Å². The Kier molecular flexibility index (Phi) is 6.08. The fraction of sp³-hybridized carbons (Fsp3) is 0.500. The van der Waals surface area contributed by atoms with Gasteiger partial charge < -0.3 is 10.1 Å². The lowest BCUT2D eigenvalue weighted by atomic mass is 10.3. The Hall–Kier alpha value is -1.03. The molecule has 0 aliphatic carbocycles. The van der Waals surface area contributed by atoms with E-state index in [1.54, 1.807) is 0 Å². The number of ether oxygens (including phenoxy) is 1. The van der Waals surface area contributed by atoms with Gasteiger partial charge in [-0.25, -0.2) is 8.42 Å². The van der Waals surface area contributed by atoms with Gasteiger partial charge in [0.15, 0.2) is 0 Å². The second-order valence-corrected chi connectivity index (χ2v) is 6.68. The number of sulfonamides is 1. The summed E-state index contributed by atoms with van der Waals surface area (Å²) in [5, 5.41) is 3.10. The molecule has 22 heavy (non-hydrogen) atoms. The number of halogens is 4. The molecule has 10 heteroatoms. The Labute approximate surface area is 132 Å². The summed E-state index contributed by atoms with van der Waals surface area (Å²) in [6.45, 7) is 2.88. The highest BCUT2D eigenvalue weighted by molar-refractivity contribution is 7.89. The minimum absolute atomic E-state index is 0. The summed E-state index contributed by atoms with van der Waals surface area (Å²) in [5.41, 5.74) is 0. The van der Waals surface area contributed by atoms with Gasteiger partial charge in [-0.3, -0.25) is 0 Å². The molecule has 5 nitrogen and oxygen atoms in total. The molecule has 0 saturated carbocycles. The topological polar surface area (TPSA) is 58.6 Å². The van der Waals surface area contributed by atoms with Crippen LogP contribution in [0, 0.1) is 0 Å². The van der Waals surface area contributed by atoms with E-state index in [9.17, 15) is 21.6 Å². The van der Waals surface area contributed by atoms with Crippen LogP contribution in [0.2, 0.25) is 0 Å². The predicted molar refractivity (Wildman–Crippen MR) is 76.6 cm³/mol. The molecular weight excluding hydrogens is 345 g/mol. The number of alkyl halides is 3. The van der Waals surface area contributed by atoms with Crippen LogP contribution in [0.15, 0.2) is 29.2 Å². The molecule has 1 aromatic carbocycles. The highest BCUT2D eigenvalue weighted by atomic mass is 35.5. The Balaban J connectivity index is 0.00000242. The molecule has 0 spiro atoms. The van der Waals surface area contributed by atoms with E-state index >= 15 is 0 Å². The van der Waals surface area contributed by atoms with Gasteiger partial charge in [0.05, 0.1) is 4.90 Å². The van der Waals surface area contributed by atoms with Crippen LogP contribution in [0.1, 0.15) is 6.92 Å². The average Bonchev–Trinajstić information content (AvgIpc) is 2.37. The molecule has 1 heterocycles. The van der Waals surface area contributed by atoms with Crippen molar-refractivity contribution in [2.24, 2.45) is 0 Å². The van der Waals surface area contributed by atoms with Crippen molar-refractivity contribution in [2.75, 3.05) is 19.6 Å². The Morgan fingerprint density at radius 2 is 2.05 bits per heavy atom. The Bertz CT molecular complexity index is 610. The molecule has 1 aromatic rings. The zero-order valence-electron chi connectivity index (χ0n) is 11.6. The van der Waals surface area contributed by atoms with E-state index in [1.807, 2.05) is 6.92 Å². The molecule has 1 aliphatic rings. The van der Waals surface area contributed by atoms with Crippen LogP contribution in [-0.2, 0) is 10.0 Å². The van der Waals surface area contributed by atoms with Crippen molar-refractivity contribution in [2.45, 2.75) is 24.2 Å². The fourth-order valence-electron chi connectivity index (χ4n) is 2.10. The van der Waals surface area contributed by atoms with Gasteiger partial charge in [0.25, 0.3) is 0 Å². The number of benzene rings is 1. The molecule has 1 atom stereocenters. The molecule has 1 aliphatic heterocycles. The van der Waals surface area contributed by atoms with E-state index in [2.05, 4.69) is 10.1 Å². The lowest BCUT2D eigenvalue weighted by Gasteiger charge is -2.31. The van der Waals surface area contributed by atoms with Gasteiger partial charge >= 0.3 is 6.36 Å². The van der Waals surface area contributed by atoms with E-state index in [4.69, 9.17) is 0 Å². The molecule has 1 fully saturated rings. The summed E-state index contributed by atoms with van der Waals surface area (Å²) in [6.07, 6.45) is -4.86. The Morgan fingerprint density at radius 3 is 2.64 bits per heavy atom. The molecule has 0 bridgehead atoms. The molecule has 0 amide bonds. The summed E-state index contributed by atoms with van der Waals surface area (Å²) in [6, 6.07) is 4.41. The maximum atomic E-state index is 12.4. The maximum Gasteiger partial charge on any atom is 0.573 e. The largest absolute Gasteiger partial charge is 0.573 e. The van der Waals surface area contributed by atoms with Crippen LogP contribution >= 0.6 is 12.4 Å². The lowest BCUT2D eigenvalue weighted by Crippen LogP contribution is -2.51. The Morgan fingerprint density at radius 1 is 1.36 bits per heavy atom. The normalized spacial score (nSPS) is 20.3. The van der Waals surface area contributed by atoms with Crippen LogP contribution in [0.25, 0.3) is 0 Å². The van der Waals surface area contributed by atoms with Gasteiger partial charge in [-0.15, -0.1) is 25.6 Å². The number of piperazine rings is 1. The van der Waals surface area contributed by atoms with Crippen molar-refractivity contribution in [3.63, 3.8) is 0 Å². The molecule has 1 N–H and O–H groups in total. The fourth-order valence-corrected chi connectivity index (χ4v) is 3.66. The summed E-state index contributed by atoms with van der Waals surface area (Å²) in [4.78, 5) is -0.210. The summed E-state index contributed by atoms with van der Waals surface area (Å²) < 4.78 is 66.4. The van der Waals surface area contributed by atoms with Crippen molar-refractivity contribution in [1.29, 1.82) is 0 Å². The highest BCUT2D eigenvalue weighted by Gasteiger charge is 2.32. The van der Waals surface area contributed by atoms with E-state index in [-0.39, 0.29) is 36.4 Å². The quantitative estimate of drug-likeness (QED) is 0.895. The number of nitrogens with one attached hydrogen (secondary N) is 1. The second kappa shape index (κ2) is 7.03. The molecule has 2 rings (SSSR count). The first-order valence-corrected chi connectivity index (χ1v) is 7.72. The van der Waals surface area contributed by atoms with Crippen molar-refractivity contribution in [1.82, 2.24) is 9.62 Å². The minimum Gasteiger partial charge on any atom is -0.406 e. The number of hydrogen-bond donors (Lipinski definition) is 1. The first-order valence-electron chi connectivity index (χ1n) is 6.28. The first kappa shape index (κ1) is 19.0. The van der Waals surface area contributed by atoms with Crippen LogP contribution in [0.5, 0.6) is 5.75 Å². The van der Waals surface area contributed by atoms with Crippen LogP contribution in [0.3, 0.4) is 0 Å². The standard InChI is InChI=1S/C12H15F3N2O3S.ClH/c1-9-8-17(6-5-16-9)21(18,19)11-4-2-3-10(7-11)20-12(13,14)15;/h2-4,7,9,16H,5-6,8H2,1H3;1H/t9-;/m0./s1. The zero-order valence-corrected chi connectivity index (χ0v) is 13.3. The third kappa shape index (κ3) is 4.73. The first-order chi connectivity index (χ1) is 9.68.